The first kappa shape index (κ1) is 27.6. The number of allylic oxidation sites excluding steroid dienone is 3. The summed E-state index contributed by atoms with van der Waals surface area (Å²) in [5, 5.41) is 10.1. The monoisotopic (exact) mass is 625 g/mol. The van der Waals surface area contributed by atoms with Crippen molar-refractivity contribution in [3.8, 4) is 0 Å². The van der Waals surface area contributed by atoms with Crippen LogP contribution in [0, 0.1) is 0 Å². The van der Waals surface area contributed by atoms with Gasteiger partial charge < -0.3 is 4.40 Å². The first-order valence-electron chi connectivity index (χ1n) is 16.8. The molecule has 0 fully saturated rings. The van der Waals surface area contributed by atoms with Crippen molar-refractivity contribution >= 4 is 88.8 Å². The van der Waals surface area contributed by atoms with E-state index in [0.717, 1.165) is 34.4 Å². The van der Waals surface area contributed by atoms with E-state index in [2.05, 4.69) is 179 Å². The maximum Gasteiger partial charge on any atom is 0.137 e. The van der Waals surface area contributed by atoms with Crippen LogP contribution in [0.25, 0.3) is 82.1 Å². The van der Waals surface area contributed by atoms with Gasteiger partial charge in [0.25, 0.3) is 0 Å². The summed E-state index contributed by atoms with van der Waals surface area (Å²) in [4.78, 5) is 4.70. The van der Waals surface area contributed by atoms with Crippen LogP contribution < -0.4 is 0 Å². The Morgan fingerprint density at radius 1 is 0.510 bits per heavy atom. The van der Waals surface area contributed by atoms with Crippen molar-refractivity contribution in [2.24, 2.45) is 4.99 Å². The van der Waals surface area contributed by atoms with E-state index >= 15 is 0 Å². The minimum atomic E-state index is 0.792. The molecule has 7 aromatic carbocycles. The van der Waals surface area contributed by atoms with Crippen molar-refractivity contribution in [2.45, 2.75) is 6.42 Å². The van der Waals surface area contributed by atoms with Crippen molar-refractivity contribution in [1.82, 2.24) is 8.97 Å². The van der Waals surface area contributed by atoms with Gasteiger partial charge in [-0.1, -0.05) is 140 Å². The molecule has 3 nitrogen and oxygen atoms in total. The number of hydrogen-bond acceptors (Lipinski definition) is 1. The van der Waals surface area contributed by atoms with Gasteiger partial charge in [-0.05, 0) is 59.5 Å². The lowest BCUT2D eigenvalue weighted by Gasteiger charge is -2.11. The molecule has 0 unspecified atom stereocenters. The smallest absolute Gasteiger partial charge is 0.137 e. The van der Waals surface area contributed by atoms with Crippen molar-refractivity contribution < 1.29 is 0 Å². The zero-order valence-corrected chi connectivity index (χ0v) is 26.8. The van der Waals surface area contributed by atoms with Gasteiger partial charge in [-0.3, -0.25) is 4.57 Å². The van der Waals surface area contributed by atoms with Crippen LogP contribution in [0.4, 0.5) is 0 Å². The number of benzene rings is 7. The molecule has 0 radical (unpaired) electrons. The number of aliphatic imine (C=N–C) groups is 1. The summed E-state index contributed by atoms with van der Waals surface area (Å²) in [6.45, 7) is 4.10. The summed E-state index contributed by atoms with van der Waals surface area (Å²) < 4.78 is 4.77. The highest BCUT2D eigenvalue weighted by atomic mass is 15.1. The Kier molecular flexibility index (Phi) is 6.09. The number of para-hydroxylation sites is 3. The van der Waals surface area contributed by atoms with Crippen molar-refractivity contribution in [3.05, 3.63) is 175 Å². The lowest BCUT2D eigenvalue weighted by molar-refractivity contribution is 1.18. The maximum absolute atomic E-state index is 4.70. The molecule has 10 rings (SSSR count). The normalized spacial score (nSPS) is 12.9. The van der Waals surface area contributed by atoms with Gasteiger partial charge >= 0.3 is 0 Å². The van der Waals surface area contributed by atoms with Gasteiger partial charge in [0, 0.05) is 37.7 Å². The zero-order valence-electron chi connectivity index (χ0n) is 26.8. The molecule has 3 heterocycles. The van der Waals surface area contributed by atoms with Gasteiger partial charge in [0.05, 0.1) is 27.6 Å². The standard InChI is InChI=1S/C46H31N3/c1-47-43(29-32(31-15-6-3-7-16-31)24-23-30-13-4-2-5-14-30)48-41-22-11-9-18-39(41)44-34-25-26-38-36-20-12-19-35-33-17-8-10-21-40(33)49(45(35)36)46(38)37(34)27-28-42(44)48/h2-22,24-29H,1,23H2/b32-24+,43-29+. The fraction of sp³-hybridized carbons (Fsp3) is 0.0217. The Morgan fingerprint density at radius 2 is 1.08 bits per heavy atom. The van der Waals surface area contributed by atoms with E-state index in [0.29, 0.717) is 0 Å². The second-order valence-electron chi connectivity index (χ2n) is 12.8. The lowest BCUT2D eigenvalue weighted by atomic mass is 10.00. The van der Waals surface area contributed by atoms with Crippen LogP contribution in [0.5, 0.6) is 0 Å². The van der Waals surface area contributed by atoms with Crippen LogP contribution in [-0.4, -0.2) is 15.7 Å². The number of hydrogen-bond donors (Lipinski definition) is 0. The molecule has 0 atom stereocenters. The number of rotatable bonds is 6. The highest BCUT2D eigenvalue weighted by Gasteiger charge is 2.21. The van der Waals surface area contributed by atoms with Crippen molar-refractivity contribution in [3.63, 3.8) is 0 Å². The molecule has 3 aromatic heterocycles. The molecule has 0 N–H and O–H groups in total. The predicted octanol–water partition coefficient (Wildman–Crippen LogP) is 11.9. The minimum absolute atomic E-state index is 0.792. The summed E-state index contributed by atoms with van der Waals surface area (Å²) in [6, 6.07) is 54.6. The van der Waals surface area contributed by atoms with E-state index < -0.39 is 0 Å². The minimum Gasteiger partial charge on any atom is -0.307 e. The third kappa shape index (κ3) is 4.06. The SMILES string of the molecule is C=N/C(=C\C(=C/Cc1ccccc1)c1ccccc1)n1c2ccccc2c2c3ccc4c5cccc6c7ccccc7n(c4c3ccc21)c65. The molecule has 0 spiro atoms. The van der Waals surface area contributed by atoms with Crippen molar-refractivity contribution in [2.75, 3.05) is 0 Å². The van der Waals surface area contributed by atoms with Crippen LogP contribution in [-0.2, 0) is 6.42 Å². The van der Waals surface area contributed by atoms with Crippen LogP contribution in [0.2, 0.25) is 0 Å². The second kappa shape index (κ2) is 10.8. The lowest BCUT2D eigenvalue weighted by Crippen LogP contribution is -1.96. The average molecular weight is 626 g/mol. The third-order valence-electron chi connectivity index (χ3n) is 10.2. The van der Waals surface area contributed by atoms with Gasteiger partial charge in [0.2, 0.25) is 0 Å². The first-order chi connectivity index (χ1) is 24.3. The van der Waals surface area contributed by atoms with E-state index in [-0.39, 0.29) is 0 Å². The van der Waals surface area contributed by atoms with E-state index in [1.807, 2.05) is 0 Å². The van der Waals surface area contributed by atoms with Gasteiger partial charge in [0.1, 0.15) is 5.82 Å². The predicted molar refractivity (Wildman–Crippen MR) is 210 cm³/mol. The van der Waals surface area contributed by atoms with Gasteiger partial charge in [-0.15, -0.1) is 0 Å². The van der Waals surface area contributed by atoms with Gasteiger partial charge in [-0.25, -0.2) is 4.99 Å². The molecule has 0 aliphatic carbocycles. The number of fused-ring (bicyclic) bond motifs is 12. The van der Waals surface area contributed by atoms with Crippen LogP contribution in [0.1, 0.15) is 11.1 Å². The highest BCUT2D eigenvalue weighted by molar-refractivity contribution is 6.31. The van der Waals surface area contributed by atoms with E-state index in [4.69, 9.17) is 4.99 Å². The van der Waals surface area contributed by atoms with Gasteiger partial charge in [0.15, 0.2) is 0 Å². The molecule has 0 amide bonds. The summed E-state index contributed by atoms with van der Waals surface area (Å²) in [5.41, 5.74) is 9.54. The molecule has 10 aromatic rings. The van der Waals surface area contributed by atoms with E-state index in [1.165, 1.54) is 65.2 Å². The fourth-order valence-corrected chi connectivity index (χ4v) is 8.08. The summed E-state index contributed by atoms with van der Waals surface area (Å²) >= 11 is 0. The summed E-state index contributed by atoms with van der Waals surface area (Å²) in [5.74, 6) is 0.792. The molecule has 0 aliphatic rings. The maximum atomic E-state index is 4.70. The van der Waals surface area contributed by atoms with Crippen LogP contribution in [0.15, 0.2) is 169 Å². The Hall–Kier alpha value is -6.45. The van der Waals surface area contributed by atoms with E-state index in [9.17, 15) is 0 Å². The molecule has 230 valence electrons. The summed E-state index contributed by atoms with van der Waals surface area (Å²) in [7, 11) is 0. The molecule has 0 bridgehead atoms. The third-order valence-corrected chi connectivity index (χ3v) is 10.2. The highest BCUT2D eigenvalue weighted by Crippen LogP contribution is 2.44. The Labute approximate surface area is 283 Å². The Balaban J connectivity index is 1.26. The molecular formula is C46H31N3. The van der Waals surface area contributed by atoms with Crippen LogP contribution in [0.3, 0.4) is 0 Å². The number of nitrogens with zero attached hydrogens (tertiary/aromatic N) is 3. The molecule has 0 saturated heterocycles. The number of aromatic nitrogens is 2. The quantitative estimate of drug-likeness (QED) is 0.130. The largest absolute Gasteiger partial charge is 0.307 e. The first-order valence-corrected chi connectivity index (χ1v) is 16.8. The summed E-state index contributed by atoms with van der Waals surface area (Å²) in [6.07, 6.45) is 5.30. The van der Waals surface area contributed by atoms with Crippen molar-refractivity contribution in [1.29, 1.82) is 0 Å². The van der Waals surface area contributed by atoms with Crippen LogP contribution >= 0.6 is 0 Å². The zero-order chi connectivity index (χ0) is 32.5. The van der Waals surface area contributed by atoms with Gasteiger partial charge in [-0.2, -0.15) is 0 Å². The average Bonchev–Trinajstić information content (AvgIpc) is 3.81. The second-order valence-corrected chi connectivity index (χ2v) is 12.8. The molecule has 3 heteroatoms. The molecular weight excluding hydrogens is 595 g/mol. The van der Waals surface area contributed by atoms with E-state index in [1.54, 1.807) is 0 Å². The molecule has 0 saturated carbocycles. The Bertz CT molecular complexity index is 2960. The topological polar surface area (TPSA) is 21.7 Å². The molecule has 49 heavy (non-hydrogen) atoms. The Morgan fingerprint density at radius 3 is 1.86 bits per heavy atom. The fourth-order valence-electron chi connectivity index (χ4n) is 8.08. The molecule has 0 aliphatic heterocycles.